The quantitative estimate of drug-likeness (QED) is 0.0708. The molecule has 0 spiro atoms. The lowest BCUT2D eigenvalue weighted by Gasteiger charge is -2.42. The van der Waals surface area contributed by atoms with Gasteiger partial charge >= 0.3 is 0 Å². The predicted octanol–water partition coefficient (Wildman–Crippen LogP) is 6.12. The smallest absolute Gasteiger partial charge is 0.266 e. The number of ether oxygens (including phenoxy) is 2. The van der Waals surface area contributed by atoms with E-state index in [1.807, 2.05) is 15.8 Å². The van der Waals surface area contributed by atoms with Crippen molar-refractivity contribution in [3.63, 3.8) is 0 Å². The summed E-state index contributed by atoms with van der Waals surface area (Å²) in [7, 11) is 0. The van der Waals surface area contributed by atoms with Gasteiger partial charge in [-0.15, -0.1) is 0 Å². The molecule has 8 rings (SSSR count). The Bertz CT molecular complexity index is 2400. The number of hydrogen-bond donors (Lipinski definition) is 2. The maximum Gasteiger partial charge on any atom is 0.266 e. The number of hydrogen-bond acceptors (Lipinski definition) is 11. The number of imide groups is 2. The summed E-state index contributed by atoms with van der Waals surface area (Å²) in [4.78, 5) is 73.3. The van der Waals surface area contributed by atoms with Crippen LogP contribution in [0.15, 0.2) is 55.0 Å². The molecule has 1 atom stereocenters. The van der Waals surface area contributed by atoms with E-state index in [4.69, 9.17) is 38.4 Å². The summed E-state index contributed by atoms with van der Waals surface area (Å²) in [6.07, 6.45) is 12.4. The normalized spacial score (nSPS) is 18.4. The average Bonchev–Trinajstić information content (AvgIpc) is 3.85. The second kappa shape index (κ2) is 19.4. The van der Waals surface area contributed by atoms with Crippen LogP contribution >= 0.6 is 23.2 Å². The fourth-order valence-corrected chi connectivity index (χ4v) is 9.31. The van der Waals surface area contributed by atoms with Crippen molar-refractivity contribution in [3.8, 4) is 22.6 Å². The lowest BCUT2D eigenvalue weighted by Crippen LogP contribution is -2.55. The summed E-state index contributed by atoms with van der Waals surface area (Å²) in [6, 6.07) is 8.51. The number of nitrogen functional groups attached to an aromatic ring is 1. The van der Waals surface area contributed by atoms with Gasteiger partial charge in [0.2, 0.25) is 17.7 Å². The molecule has 3 N–H and O–H groups in total. The van der Waals surface area contributed by atoms with E-state index in [0.717, 1.165) is 80.6 Å². The number of unbranched alkanes of at least 4 members (excludes halogenated alkanes) is 4. The van der Waals surface area contributed by atoms with Gasteiger partial charge in [0.05, 0.1) is 47.5 Å². The molecule has 0 aliphatic carbocycles. The molecule has 0 bridgehead atoms. The summed E-state index contributed by atoms with van der Waals surface area (Å²) in [6.45, 7) is 4.45. The number of piperidine rings is 2. The Labute approximate surface area is 374 Å². The standard InChI is InChI=1S/C45H49Cl2FN8O7/c46-33-9-10-34(48)40(47)31(33)15-20-63-37-21-27(22-50-41(37)49)28-23-51-55(26-28)30-13-17-54(18-14-30)43(59)29-24-53(25-29)16-4-2-1-3-5-19-62-36-8-6-7-32-39(36)45(61)56(44(32)60)35-11-12-38(57)52-42(35)58/h6-10,21-23,26,29-30,35H,1-5,11-20,24-25H2,(H2,49,50)(H,52,57,58)/t35-/m1/s1. The van der Waals surface area contributed by atoms with E-state index in [-0.39, 0.29) is 65.7 Å². The van der Waals surface area contributed by atoms with Crippen LogP contribution in [0.5, 0.6) is 11.5 Å². The number of halogens is 3. The third kappa shape index (κ3) is 9.67. The van der Waals surface area contributed by atoms with Gasteiger partial charge in [-0.3, -0.25) is 38.9 Å². The highest BCUT2D eigenvalue weighted by atomic mass is 35.5. The monoisotopic (exact) mass is 902 g/mol. The van der Waals surface area contributed by atoms with Crippen molar-refractivity contribution in [3.05, 3.63) is 87.5 Å². The van der Waals surface area contributed by atoms with Crippen LogP contribution in [0.4, 0.5) is 10.2 Å². The zero-order valence-electron chi connectivity index (χ0n) is 34.7. The van der Waals surface area contributed by atoms with Gasteiger partial charge < -0.3 is 25.0 Å². The maximum atomic E-state index is 13.9. The van der Waals surface area contributed by atoms with Crippen molar-refractivity contribution in [2.45, 2.75) is 76.3 Å². The lowest BCUT2D eigenvalue weighted by molar-refractivity contribution is -0.142. The number of anilines is 1. The van der Waals surface area contributed by atoms with Gasteiger partial charge in [0.1, 0.15) is 17.6 Å². The molecule has 4 aromatic rings. The molecule has 0 unspecified atom stereocenters. The zero-order valence-corrected chi connectivity index (χ0v) is 36.2. The van der Waals surface area contributed by atoms with Crippen LogP contribution in [0, 0.1) is 11.7 Å². The van der Waals surface area contributed by atoms with Crippen molar-refractivity contribution in [2.24, 2.45) is 5.92 Å². The molecular weight excluding hydrogens is 854 g/mol. The number of carbonyl (C=O) groups is 5. The first-order valence-corrected chi connectivity index (χ1v) is 22.3. The Morgan fingerprint density at radius 1 is 0.889 bits per heavy atom. The van der Waals surface area contributed by atoms with E-state index in [0.29, 0.717) is 41.8 Å². The summed E-state index contributed by atoms with van der Waals surface area (Å²) >= 11 is 12.3. The first kappa shape index (κ1) is 44.0. The number of rotatable bonds is 17. The fraction of sp³-hybridized carbons (Fsp3) is 0.444. The molecule has 18 heteroatoms. The van der Waals surface area contributed by atoms with Gasteiger partial charge in [-0.1, -0.05) is 48.5 Å². The minimum Gasteiger partial charge on any atom is -0.493 e. The largest absolute Gasteiger partial charge is 0.493 e. The van der Waals surface area contributed by atoms with Crippen molar-refractivity contribution in [1.29, 1.82) is 0 Å². The summed E-state index contributed by atoms with van der Waals surface area (Å²) in [5.74, 6) is -1.53. The molecule has 5 amide bonds. The number of benzene rings is 2. The number of fused-ring (bicyclic) bond motifs is 1. The fourth-order valence-electron chi connectivity index (χ4n) is 8.75. The third-order valence-corrected chi connectivity index (χ3v) is 13.1. The second-order valence-electron chi connectivity index (χ2n) is 16.5. The van der Waals surface area contributed by atoms with Crippen LogP contribution in [-0.2, 0) is 20.8 Å². The second-order valence-corrected chi connectivity index (χ2v) is 17.3. The molecule has 63 heavy (non-hydrogen) atoms. The number of nitrogens with two attached hydrogens (primary N) is 1. The van der Waals surface area contributed by atoms with Crippen molar-refractivity contribution >= 4 is 58.6 Å². The molecular formula is C45H49Cl2FN8O7. The van der Waals surface area contributed by atoms with Crippen LogP contribution in [0.25, 0.3) is 11.1 Å². The predicted molar refractivity (Wildman–Crippen MR) is 232 cm³/mol. The van der Waals surface area contributed by atoms with Crippen LogP contribution in [0.2, 0.25) is 10.0 Å². The average molecular weight is 904 g/mol. The highest BCUT2D eigenvalue weighted by molar-refractivity contribution is 6.36. The Balaban J connectivity index is 0.701. The van der Waals surface area contributed by atoms with Gasteiger partial charge in [0, 0.05) is 67.6 Å². The van der Waals surface area contributed by atoms with Crippen LogP contribution < -0.4 is 20.5 Å². The van der Waals surface area contributed by atoms with Gasteiger partial charge in [-0.25, -0.2) is 9.37 Å². The Kier molecular flexibility index (Phi) is 13.6. The van der Waals surface area contributed by atoms with E-state index in [1.54, 1.807) is 36.7 Å². The maximum absolute atomic E-state index is 13.9. The molecule has 3 fully saturated rings. The van der Waals surface area contributed by atoms with E-state index in [9.17, 15) is 28.4 Å². The number of likely N-dealkylation sites (tertiary alicyclic amines) is 2. The summed E-state index contributed by atoms with van der Waals surface area (Å²) in [5, 5.41) is 7.19. The summed E-state index contributed by atoms with van der Waals surface area (Å²) < 4.78 is 27.8. The van der Waals surface area contributed by atoms with Gasteiger partial charge in [0.15, 0.2) is 11.6 Å². The third-order valence-electron chi connectivity index (χ3n) is 12.3. The summed E-state index contributed by atoms with van der Waals surface area (Å²) in [5.41, 5.74) is 8.58. The van der Waals surface area contributed by atoms with Gasteiger partial charge in [0.25, 0.3) is 11.8 Å². The van der Waals surface area contributed by atoms with E-state index in [2.05, 4.69) is 20.3 Å². The first-order valence-electron chi connectivity index (χ1n) is 21.5. The minimum atomic E-state index is -1.02. The van der Waals surface area contributed by atoms with E-state index in [1.165, 1.54) is 12.1 Å². The molecule has 0 radical (unpaired) electrons. The highest BCUT2D eigenvalue weighted by Crippen LogP contribution is 2.35. The number of carbonyl (C=O) groups excluding carboxylic acids is 5. The molecule has 332 valence electrons. The molecule has 2 aromatic heterocycles. The zero-order chi connectivity index (χ0) is 44.2. The molecule has 2 aromatic carbocycles. The molecule has 15 nitrogen and oxygen atoms in total. The topological polar surface area (TPSA) is 182 Å². The highest BCUT2D eigenvalue weighted by Gasteiger charge is 2.46. The van der Waals surface area contributed by atoms with Gasteiger partial charge in [-0.2, -0.15) is 5.10 Å². The van der Waals surface area contributed by atoms with E-state index >= 15 is 0 Å². The first-order chi connectivity index (χ1) is 30.5. The molecule has 0 saturated carbocycles. The molecule has 3 saturated heterocycles. The Morgan fingerprint density at radius 3 is 2.44 bits per heavy atom. The van der Waals surface area contributed by atoms with Crippen molar-refractivity contribution in [2.75, 3.05) is 51.7 Å². The number of aromatic nitrogens is 3. The Hall–Kier alpha value is -5.58. The minimum absolute atomic E-state index is 0.0258. The van der Waals surface area contributed by atoms with Crippen molar-refractivity contribution in [1.82, 2.24) is 34.8 Å². The number of pyridine rings is 1. The van der Waals surface area contributed by atoms with Crippen LogP contribution in [0.1, 0.15) is 90.1 Å². The number of nitrogens with one attached hydrogen (secondary N) is 1. The van der Waals surface area contributed by atoms with Crippen LogP contribution in [0.3, 0.4) is 0 Å². The number of nitrogens with zero attached hydrogens (tertiary/aromatic N) is 6. The number of amides is 5. The van der Waals surface area contributed by atoms with E-state index < -0.39 is 35.5 Å². The molecule has 6 heterocycles. The Morgan fingerprint density at radius 2 is 1.65 bits per heavy atom. The van der Waals surface area contributed by atoms with Crippen LogP contribution in [-0.4, -0.2) is 111 Å². The molecule has 4 aliphatic heterocycles. The van der Waals surface area contributed by atoms with Crippen molar-refractivity contribution < 1.29 is 37.8 Å². The SMILES string of the molecule is Nc1ncc(-c2cnn(C3CCN(C(=O)C4CN(CCCCCCCOc5cccc6c5C(=O)N([C@@H]5CCC(=O)NC5=O)C6=O)C4)CC3)c2)cc1OCCc1c(Cl)ccc(F)c1Cl. The van der Waals surface area contributed by atoms with Gasteiger partial charge in [-0.05, 0) is 74.5 Å². The molecule has 4 aliphatic rings. The lowest BCUT2D eigenvalue weighted by atomic mass is 9.95.